The fraction of sp³-hybridized carbons (Fsp3) is 0.429. The number of amides is 1. The highest BCUT2D eigenvalue weighted by molar-refractivity contribution is 6.79. The molecule has 0 aromatic carbocycles. The molecule has 1 radical (unpaired) electrons. The van der Waals surface area contributed by atoms with Gasteiger partial charge >= 0.3 is 0 Å². The van der Waals surface area contributed by atoms with Gasteiger partial charge in [0.15, 0.2) is 0 Å². The van der Waals surface area contributed by atoms with Crippen molar-refractivity contribution in [2.24, 2.45) is 10.4 Å². The number of allylic oxidation sites excluding steroid dienone is 3. The number of hydrogen-bond acceptors (Lipinski definition) is 2. The highest BCUT2D eigenvalue weighted by Crippen LogP contribution is 2.58. The molecule has 3 nitrogen and oxygen atoms in total. The Hall–Kier alpha value is -1.58. The minimum absolute atomic E-state index is 0.152. The summed E-state index contributed by atoms with van der Waals surface area (Å²) in [5, 5.41) is 0. The van der Waals surface area contributed by atoms with Crippen molar-refractivity contribution >= 4 is 19.3 Å². The van der Waals surface area contributed by atoms with Gasteiger partial charge in [-0.25, -0.2) is 0 Å². The van der Waals surface area contributed by atoms with Crippen molar-refractivity contribution in [3.05, 3.63) is 37.6 Å². The average molecular weight is 241 g/mol. The maximum atomic E-state index is 11.2. The number of piperidine rings is 1. The molecule has 0 bridgehead atoms. The van der Waals surface area contributed by atoms with E-state index in [2.05, 4.69) is 25.1 Å². The minimum Gasteiger partial charge on any atom is -0.346 e. The first-order valence-electron chi connectivity index (χ1n) is 6.20. The molecule has 3 atom stereocenters. The molecule has 0 aromatic heterocycles. The van der Waals surface area contributed by atoms with Crippen LogP contribution in [0.1, 0.15) is 19.8 Å². The number of nitrogens with zero attached hydrogens (tertiary/aromatic N) is 2. The van der Waals surface area contributed by atoms with Gasteiger partial charge in [0, 0.05) is 18.2 Å². The monoisotopic (exact) mass is 241 g/mol. The lowest BCUT2D eigenvalue weighted by Gasteiger charge is -2.22. The quantitative estimate of drug-likeness (QED) is 0.303. The Morgan fingerprint density at radius 1 is 1.50 bits per heavy atom. The molecule has 1 aliphatic carbocycles. The molecule has 1 saturated heterocycles. The van der Waals surface area contributed by atoms with Crippen LogP contribution in [0.2, 0.25) is 0 Å². The van der Waals surface area contributed by atoms with Gasteiger partial charge in [-0.1, -0.05) is 38.3 Å². The van der Waals surface area contributed by atoms with Crippen molar-refractivity contribution < 1.29 is 4.79 Å². The second-order valence-corrected chi connectivity index (χ2v) is 5.20. The normalized spacial score (nSPS) is 34.3. The van der Waals surface area contributed by atoms with Gasteiger partial charge in [-0.05, 0) is 23.9 Å². The van der Waals surface area contributed by atoms with Crippen molar-refractivity contribution in [1.82, 2.24) is 4.90 Å². The van der Waals surface area contributed by atoms with Crippen LogP contribution in [0.5, 0.6) is 0 Å². The highest BCUT2D eigenvalue weighted by Gasteiger charge is 2.61. The molecule has 1 aliphatic heterocycles. The molecule has 1 saturated carbocycles. The summed E-state index contributed by atoms with van der Waals surface area (Å²) in [6, 6.07) is 0.421. The Labute approximate surface area is 109 Å². The van der Waals surface area contributed by atoms with E-state index in [9.17, 15) is 4.79 Å². The predicted octanol–water partition coefficient (Wildman–Crippen LogP) is 1.94. The Kier molecular flexibility index (Phi) is 3.55. The Bertz CT molecular complexity index is 430. The van der Waals surface area contributed by atoms with Gasteiger partial charge < -0.3 is 4.90 Å². The van der Waals surface area contributed by atoms with Crippen molar-refractivity contribution in [3.63, 3.8) is 0 Å². The van der Waals surface area contributed by atoms with E-state index in [-0.39, 0.29) is 5.94 Å². The van der Waals surface area contributed by atoms with E-state index in [1.54, 1.807) is 6.08 Å². The van der Waals surface area contributed by atoms with Gasteiger partial charge in [-0.2, -0.15) is 0 Å². The molecule has 93 valence electrons. The van der Waals surface area contributed by atoms with E-state index in [0.29, 0.717) is 11.5 Å². The van der Waals surface area contributed by atoms with Crippen LogP contribution in [0, 0.1) is 5.41 Å². The number of aliphatic imine (C=N–C) groups is 1. The topological polar surface area (TPSA) is 32.7 Å². The maximum Gasteiger partial charge on any atom is 0.209 e. The van der Waals surface area contributed by atoms with E-state index >= 15 is 0 Å². The predicted molar refractivity (Wildman–Crippen MR) is 75.5 cm³/mol. The summed E-state index contributed by atoms with van der Waals surface area (Å²) in [4.78, 5) is 17.3. The minimum atomic E-state index is 0.152. The Morgan fingerprint density at radius 2 is 2.28 bits per heavy atom. The van der Waals surface area contributed by atoms with Crippen molar-refractivity contribution in [1.29, 1.82) is 0 Å². The van der Waals surface area contributed by atoms with Crippen LogP contribution in [0.3, 0.4) is 0 Å². The molecule has 1 amide bonds. The second-order valence-electron chi connectivity index (χ2n) is 5.20. The first kappa shape index (κ1) is 12.9. The van der Waals surface area contributed by atoms with E-state index < -0.39 is 0 Å². The molecule has 2 aliphatic rings. The highest BCUT2D eigenvalue weighted by atomic mass is 16.1. The van der Waals surface area contributed by atoms with Crippen molar-refractivity contribution in [2.75, 3.05) is 0 Å². The zero-order chi connectivity index (χ0) is 13.2. The fourth-order valence-corrected chi connectivity index (χ4v) is 2.79. The molecule has 2 fully saturated rings. The lowest BCUT2D eigenvalue weighted by Crippen LogP contribution is -2.39. The summed E-state index contributed by atoms with van der Waals surface area (Å²) in [6.07, 6.45) is 10.1. The SMILES string of the molecule is C=C/C=C\C([B]C1CC2(C)CC2N1C=O)=NC=C. The van der Waals surface area contributed by atoms with Gasteiger partial charge in [0.05, 0.1) is 0 Å². The van der Waals surface area contributed by atoms with Gasteiger partial charge in [-0.3, -0.25) is 9.79 Å². The lowest BCUT2D eigenvalue weighted by atomic mass is 9.62. The van der Waals surface area contributed by atoms with E-state index in [0.717, 1.165) is 24.9 Å². The number of hydrogen-bond donors (Lipinski definition) is 0. The molecule has 0 spiro atoms. The van der Waals surface area contributed by atoms with Crippen LogP contribution in [-0.4, -0.2) is 36.2 Å². The van der Waals surface area contributed by atoms with E-state index in [1.165, 1.54) is 6.20 Å². The third-order valence-corrected chi connectivity index (χ3v) is 3.85. The first-order valence-corrected chi connectivity index (χ1v) is 6.20. The third kappa shape index (κ3) is 2.33. The van der Waals surface area contributed by atoms with E-state index in [4.69, 9.17) is 0 Å². The third-order valence-electron chi connectivity index (χ3n) is 3.85. The fourth-order valence-electron chi connectivity index (χ4n) is 2.79. The molecule has 4 heteroatoms. The largest absolute Gasteiger partial charge is 0.346 e. The van der Waals surface area contributed by atoms with E-state index in [1.807, 2.05) is 24.3 Å². The molecule has 18 heavy (non-hydrogen) atoms. The lowest BCUT2D eigenvalue weighted by molar-refractivity contribution is -0.118. The van der Waals surface area contributed by atoms with Crippen LogP contribution in [-0.2, 0) is 4.79 Å². The smallest absolute Gasteiger partial charge is 0.209 e. The van der Waals surface area contributed by atoms with Gasteiger partial charge in [0.2, 0.25) is 13.7 Å². The van der Waals surface area contributed by atoms with Crippen molar-refractivity contribution in [3.8, 4) is 0 Å². The maximum absolute atomic E-state index is 11.2. The second kappa shape index (κ2) is 4.97. The number of fused-ring (bicyclic) bond motifs is 1. The summed E-state index contributed by atoms with van der Waals surface area (Å²) in [5.41, 5.74) is 1.15. The summed E-state index contributed by atoms with van der Waals surface area (Å²) in [7, 11) is 2.04. The Morgan fingerprint density at radius 3 is 2.89 bits per heavy atom. The molecule has 1 heterocycles. The summed E-state index contributed by atoms with van der Waals surface area (Å²) >= 11 is 0. The molecule has 0 N–H and O–H groups in total. The summed E-state index contributed by atoms with van der Waals surface area (Å²) in [5.74, 6) is 0.152. The summed E-state index contributed by atoms with van der Waals surface area (Å²) < 4.78 is 0. The number of likely N-dealkylation sites (tertiary alicyclic amines) is 1. The summed E-state index contributed by atoms with van der Waals surface area (Å²) in [6.45, 7) is 9.49. The van der Waals surface area contributed by atoms with Crippen molar-refractivity contribution in [2.45, 2.75) is 31.7 Å². The van der Waals surface area contributed by atoms with Gasteiger partial charge in [0.1, 0.15) is 0 Å². The van der Waals surface area contributed by atoms with Gasteiger partial charge in [-0.15, -0.1) is 0 Å². The first-order chi connectivity index (χ1) is 8.64. The average Bonchev–Trinajstić information content (AvgIpc) is 2.91. The van der Waals surface area contributed by atoms with Crippen LogP contribution in [0.25, 0.3) is 0 Å². The Balaban J connectivity index is 2.06. The number of rotatable bonds is 6. The van der Waals surface area contributed by atoms with Crippen LogP contribution in [0.15, 0.2) is 42.6 Å². The molecule has 2 rings (SSSR count). The van der Waals surface area contributed by atoms with Crippen LogP contribution >= 0.6 is 0 Å². The van der Waals surface area contributed by atoms with Crippen LogP contribution in [0.4, 0.5) is 0 Å². The molecular formula is C14H18BN2O. The van der Waals surface area contributed by atoms with Crippen LogP contribution < -0.4 is 0 Å². The molecule has 3 unspecified atom stereocenters. The zero-order valence-corrected chi connectivity index (χ0v) is 10.7. The molecular weight excluding hydrogens is 223 g/mol. The number of carbonyl (C=O) groups is 1. The van der Waals surface area contributed by atoms with Gasteiger partial charge in [0.25, 0.3) is 0 Å². The number of carbonyl (C=O) groups excluding carboxylic acids is 1. The standard InChI is InChI=1S/C14H18BN2O/c1-4-6-7-12(16-5-2)15-13-9-14(3)8-11(14)17(13)10-18/h4-7,10-11,13H,1-2,8-9H2,3H3/b7-6-,16-12?. The molecule has 0 aromatic rings. The zero-order valence-electron chi connectivity index (χ0n) is 10.7.